The van der Waals surface area contributed by atoms with Crippen LogP contribution in [0.15, 0.2) is 29.1 Å². The highest BCUT2D eigenvalue weighted by Crippen LogP contribution is 2.24. The summed E-state index contributed by atoms with van der Waals surface area (Å²) in [6.45, 7) is 1.48. The third-order valence-electron chi connectivity index (χ3n) is 5.07. The number of nitrogens with one attached hydrogen (secondary N) is 1. The summed E-state index contributed by atoms with van der Waals surface area (Å²) < 4.78 is 19.6. The molecule has 1 N–H and O–H groups in total. The van der Waals surface area contributed by atoms with E-state index in [1.165, 1.54) is 23.9 Å². The molecule has 1 atom stereocenters. The van der Waals surface area contributed by atoms with Gasteiger partial charge in [-0.15, -0.1) is 5.10 Å². The third kappa shape index (κ3) is 4.02. The van der Waals surface area contributed by atoms with Crippen LogP contribution in [0.4, 0.5) is 4.39 Å². The number of likely N-dealkylation sites (tertiary alicyclic amines) is 1. The molecular formula is C19H21FN6O3. The van der Waals surface area contributed by atoms with Crippen LogP contribution in [0.25, 0.3) is 11.2 Å². The van der Waals surface area contributed by atoms with Crippen LogP contribution in [0.5, 0.6) is 0 Å². The highest BCUT2D eigenvalue weighted by atomic mass is 19.1. The van der Waals surface area contributed by atoms with Crippen LogP contribution in [-0.4, -0.2) is 62.6 Å². The summed E-state index contributed by atoms with van der Waals surface area (Å²) in [5, 5.41) is 7.97. The van der Waals surface area contributed by atoms with Crippen molar-refractivity contribution in [1.82, 2.24) is 29.9 Å². The number of ether oxygens (including phenoxy) is 1. The van der Waals surface area contributed by atoms with Gasteiger partial charge in [-0.3, -0.25) is 9.59 Å². The zero-order valence-corrected chi connectivity index (χ0v) is 16.0. The molecule has 3 heterocycles. The van der Waals surface area contributed by atoms with Crippen molar-refractivity contribution in [2.75, 3.05) is 26.8 Å². The van der Waals surface area contributed by atoms with Gasteiger partial charge in [0.15, 0.2) is 11.2 Å². The van der Waals surface area contributed by atoms with E-state index in [1.807, 2.05) is 0 Å². The largest absolute Gasteiger partial charge is 0.375 e. The molecule has 0 spiro atoms. The van der Waals surface area contributed by atoms with Crippen LogP contribution in [-0.2, 0) is 16.1 Å². The van der Waals surface area contributed by atoms with Crippen LogP contribution < -0.4 is 5.56 Å². The first-order valence-corrected chi connectivity index (χ1v) is 9.39. The molecule has 1 aromatic carbocycles. The SMILES string of the molecule is COCC(=O)N1CCCC(c2nc3c(nnn3Cc3ccc(F)cc3)c(=O)[nH]2)C1. The van der Waals surface area contributed by atoms with Gasteiger partial charge in [0.2, 0.25) is 5.91 Å². The number of aromatic amines is 1. The van der Waals surface area contributed by atoms with E-state index in [0.29, 0.717) is 31.1 Å². The van der Waals surface area contributed by atoms with E-state index in [4.69, 9.17) is 4.74 Å². The van der Waals surface area contributed by atoms with Gasteiger partial charge < -0.3 is 14.6 Å². The number of benzene rings is 1. The fourth-order valence-electron chi connectivity index (χ4n) is 3.59. The molecular weight excluding hydrogens is 379 g/mol. The Kier molecular flexibility index (Phi) is 5.34. The van der Waals surface area contributed by atoms with Crippen molar-refractivity contribution in [3.8, 4) is 0 Å². The first-order chi connectivity index (χ1) is 14.0. The fraction of sp³-hybridized carbons (Fsp3) is 0.421. The van der Waals surface area contributed by atoms with E-state index in [2.05, 4.69) is 20.3 Å². The Bertz CT molecular complexity index is 1080. The van der Waals surface area contributed by atoms with Crippen LogP contribution in [0.3, 0.4) is 0 Å². The second-order valence-corrected chi connectivity index (χ2v) is 7.11. The van der Waals surface area contributed by atoms with Crippen LogP contribution in [0, 0.1) is 5.82 Å². The Morgan fingerprint density at radius 2 is 2.14 bits per heavy atom. The number of aromatic nitrogens is 5. The predicted molar refractivity (Wildman–Crippen MR) is 102 cm³/mol. The number of halogens is 1. The lowest BCUT2D eigenvalue weighted by atomic mass is 9.97. The maximum atomic E-state index is 13.1. The molecule has 1 aliphatic heterocycles. The van der Waals surface area contributed by atoms with Gasteiger partial charge in [0.25, 0.3) is 5.56 Å². The van der Waals surface area contributed by atoms with Gasteiger partial charge >= 0.3 is 0 Å². The predicted octanol–water partition coefficient (Wildman–Crippen LogP) is 1.05. The van der Waals surface area contributed by atoms with Crippen molar-refractivity contribution in [2.45, 2.75) is 25.3 Å². The smallest absolute Gasteiger partial charge is 0.281 e. The van der Waals surface area contributed by atoms with Crippen LogP contribution in [0.2, 0.25) is 0 Å². The maximum Gasteiger partial charge on any atom is 0.281 e. The fourth-order valence-corrected chi connectivity index (χ4v) is 3.59. The topological polar surface area (TPSA) is 106 Å². The van der Waals surface area contributed by atoms with Gasteiger partial charge in [-0.1, -0.05) is 17.3 Å². The molecule has 152 valence electrons. The number of nitrogens with zero attached hydrogens (tertiary/aromatic N) is 5. The molecule has 0 saturated carbocycles. The lowest BCUT2D eigenvalue weighted by Gasteiger charge is -2.32. The number of H-pyrrole nitrogens is 1. The summed E-state index contributed by atoms with van der Waals surface area (Å²) >= 11 is 0. The summed E-state index contributed by atoms with van der Waals surface area (Å²) in [7, 11) is 1.49. The molecule has 9 nitrogen and oxygen atoms in total. The summed E-state index contributed by atoms with van der Waals surface area (Å²) in [6.07, 6.45) is 1.62. The number of piperidine rings is 1. The molecule has 0 radical (unpaired) electrons. The molecule has 0 aliphatic carbocycles. The van der Waals surface area contributed by atoms with Gasteiger partial charge in [0.05, 0.1) is 6.54 Å². The molecule has 0 bridgehead atoms. The van der Waals surface area contributed by atoms with Crippen molar-refractivity contribution in [1.29, 1.82) is 0 Å². The average Bonchev–Trinajstić information content (AvgIpc) is 3.13. The van der Waals surface area contributed by atoms with Gasteiger partial charge in [0.1, 0.15) is 18.2 Å². The molecule has 1 saturated heterocycles. The Morgan fingerprint density at radius 3 is 2.90 bits per heavy atom. The number of hydrogen-bond acceptors (Lipinski definition) is 6. The highest BCUT2D eigenvalue weighted by molar-refractivity contribution is 5.77. The third-order valence-corrected chi connectivity index (χ3v) is 5.07. The number of fused-ring (bicyclic) bond motifs is 1. The molecule has 3 aromatic rings. The lowest BCUT2D eigenvalue weighted by Crippen LogP contribution is -2.41. The van der Waals surface area contributed by atoms with E-state index >= 15 is 0 Å². The lowest BCUT2D eigenvalue weighted by molar-refractivity contribution is -0.136. The first kappa shape index (κ1) is 19.2. The number of carbonyl (C=O) groups is 1. The minimum Gasteiger partial charge on any atom is -0.375 e. The highest BCUT2D eigenvalue weighted by Gasteiger charge is 2.27. The quantitative estimate of drug-likeness (QED) is 0.686. The molecule has 10 heteroatoms. The second kappa shape index (κ2) is 8.08. The van der Waals surface area contributed by atoms with Gasteiger partial charge in [-0.25, -0.2) is 14.1 Å². The average molecular weight is 400 g/mol. The van der Waals surface area contributed by atoms with Crippen molar-refractivity contribution >= 4 is 17.1 Å². The molecule has 1 amide bonds. The van der Waals surface area contributed by atoms with Gasteiger partial charge in [-0.05, 0) is 30.5 Å². The van der Waals surface area contributed by atoms with E-state index in [-0.39, 0.29) is 35.3 Å². The standard InChI is InChI=1S/C19H21FN6O3/c1-29-11-15(27)25-8-2-3-13(10-25)17-21-18-16(19(28)22-17)23-24-26(18)9-12-4-6-14(20)7-5-12/h4-7,13H,2-3,8-11H2,1H3,(H,21,22,28). The molecule has 29 heavy (non-hydrogen) atoms. The summed E-state index contributed by atoms with van der Waals surface area (Å²) in [5.41, 5.74) is 0.971. The van der Waals surface area contributed by atoms with E-state index < -0.39 is 0 Å². The number of amides is 1. The van der Waals surface area contributed by atoms with E-state index in [9.17, 15) is 14.0 Å². The summed E-state index contributed by atoms with van der Waals surface area (Å²) in [4.78, 5) is 33.8. The zero-order valence-electron chi connectivity index (χ0n) is 16.0. The second-order valence-electron chi connectivity index (χ2n) is 7.11. The number of methoxy groups -OCH3 is 1. The molecule has 1 aliphatic rings. The van der Waals surface area contributed by atoms with Crippen molar-refractivity contribution in [2.24, 2.45) is 0 Å². The van der Waals surface area contributed by atoms with Crippen LogP contribution in [0.1, 0.15) is 30.1 Å². The van der Waals surface area contributed by atoms with E-state index in [0.717, 1.165) is 18.4 Å². The minimum absolute atomic E-state index is 0.0318. The van der Waals surface area contributed by atoms with Crippen LogP contribution >= 0.6 is 0 Å². The van der Waals surface area contributed by atoms with Gasteiger partial charge in [0, 0.05) is 26.1 Å². The number of hydrogen-bond donors (Lipinski definition) is 1. The molecule has 1 unspecified atom stereocenters. The van der Waals surface area contributed by atoms with Crippen molar-refractivity contribution in [3.05, 3.63) is 51.8 Å². The Morgan fingerprint density at radius 1 is 1.34 bits per heavy atom. The maximum absolute atomic E-state index is 13.1. The molecule has 4 rings (SSSR count). The van der Waals surface area contributed by atoms with Crippen molar-refractivity contribution < 1.29 is 13.9 Å². The zero-order chi connectivity index (χ0) is 20.4. The first-order valence-electron chi connectivity index (χ1n) is 9.39. The molecule has 1 fully saturated rings. The van der Waals surface area contributed by atoms with E-state index in [1.54, 1.807) is 17.0 Å². The number of rotatable bonds is 5. The normalized spacial score (nSPS) is 17.0. The number of carbonyl (C=O) groups excluding carboxylic acids is 1. The molecule has 2 aromatic heterocycles. The van der Waals surface area contributed by atoms with Crippen molar-refractivity contribution in [3.63, 3.8) is 0 Å². The summed E-state index contributed by atoms with van der Waals surface area (Å²) in [5.74, 6) is 0.0264. The van der Waals surface area contributed by atoms with Gasteiger partial charge in [-0.2, -0.15) is 0 Å². The Balaban J connectivity index is 1.63. The Hall–Kier alpha value is -3.14. The minimum atomic E-state index is -0.365. The summed E-state index contributed by atoms with van der Waals surface area (Å²) in [6, 6.07) is 6.04. The monoisotopic (exact) mass is 400 g/mol. The Labute approximate surface area is 165 Å².